The highest BCUT2D eigenvalue weighted by Crippen LogP contribution is 2.37. The molecule has 1 N–H and O–H groups in total. The second-order valence-corrected chi connectivity index (χ2v) is 10.1. The molecular weight excluding hydrogens is 412 g/mol. The highest BCUT2D eigenvalue weighted by atomic mass is 32.2. The van der Waals surface area contributed by atoms with Crippen LogP contribution in [0.1, 0.15) is 13.3 Å². The summed E-state index contributed by atoms with van der Waals surface area (Å²) < 4.78 is 30.7. The van der Waals surface area contributed by atoms with Crippen LogP contribution in [0.5, 0.6) is 5.75 Å². The largest absolute Gasteiger partial charge is 0.495 e. The zero-order valence-electron chi connectivity index (χ0n) is 16.3. The highest BCUT2D eigenvalue weighted by Gasteiger charge is 2.26. The minimum absolute atomic E-state index is 0.0828. The summed E-state index contributed by atoms with van der Waals surface area (Å²) in [5, 5.41) is 2.50. The molecule has 0 spiro atoms. The van der Waals surface area contributed by atoms with E-state index in [1.807, 2.05) is 0 Å². The van der Waals surface area contributed by atoms with E-state index in [1.165, 1.54) is 35.9 Å². The van der Waals surface area contributed by atoms with Crippen molar-refractivity contribution in [2.45, 2.75) is 28.4 Å². The molecule has 154 valence electrons. The smallest absolute Gasteiger partial charge is 0.237 e. The third-order valence-electron chi connectivity index (χ3n) is 4.65. The molecule has 0 radical (unpaired) electrons. The fraction of sp³-hybridized carbons (Fsp3) is 0.300. The Bertz CT molecular complexity index is 1050. The van der Waals surface area contributed by atoms with Crippen molar-refractivity contribution in [1.29, 1.82) is 0 Å². The Hall–Kier alpha value is -2.52. The lowest BCUT2D eigenvalue weighted by molar-refractivity contribution is -0.118. The summed E-state index contributed by atoms with van der Waals surface area (Å²) in [7, 11) is -0.598. The highest BCUT2D eigenvalue weighted by molar-refractivity contribution is 8.01. The molecule has 29 heavy (non-hydrogen) atoms. The molecule has 0 aromatic heterocycles. The predicted octanol–water partition coefficient (Wildman–Crippen LogP) is 2.95. The third kappa shape index (κ3) is 4.56. The fourth-order valence-corrected chi connectivity index (χ4v) is 5.11. The number of methoxy groups -OCH3 is 1. The Labute approximate surface area is 174 Å². The molecule has 1 aliphatic heterocycles. The van der Waals surface area contributed by atoms with Crippen LogP contribution in [-0.2, 0) is 19.4 Å². The van der Waals surface area contributed by atoms with E-state index in [4.69, 9.17) is 4.74 Å². The van der Waals surface area contributed by atoms with Crippen LogP contribution in [0.25, 0.3) is 0 Å². The Balaban J connectivity index is 1.72. The molecule has 1 atom stereocenters. The Morgan fingerprint density at radius 3 is 2.69 bits per heavy atom. The van der Waals surface area contributed by atoms with E-state index in [9.17, 15) is 18.0 Å². The van der Waals surface area contributed by atoms with Crippen molar-refractivity contribution in [2.75, 3.05) is 30.1 Å². The molecule has 0 saturated carbocycles. The standard InChI is InChI=1S/C20H22N2O5S2/c1-13-20(24)21-15-12-14(8-9-18(15)28-13)29(25,26)11-10-19(23)22(2)16-6-4-5-7-17(16)27-3/h4-9,12-13H,10-11H2,1-3H3,(H,21,24). The normalized spacial score (nSPS) is 16.0. The number of nitrogens with zero attached hydrogens (tertiary/aromatic N) is 1. The number of rotatable bonds is 6. The van der Waals surface area contributed by atoms with E-state index in [0.717, 1.165) is 4.90 Å². The number of thioether (sulfide) groups is 1. The number of benzene rings is 2. The first-order chi connectivity index (χ1) is 13.7. The number of hydrogen-bond donors (Lipinski definition) is 1. The van der Waals surface area contributed by atoms with Crippen LogP contribution < -0.4 is 15.0 Å². The van der Waals surface area contributed by atoms with Gasteiger partial charge in [-0.25, -0.2) is 8.42 Å². The van der Waals surface area contributed by atoms with Crippen LogP contribution in [0.4, 0.5) is 11.4 Å². The molecule has 2 aromatic rings. The van der Waals surface area contributed by atoms with Gasteiger partial charge in [-0.05, 0) is 37.3 Å². The quantitative estimate of drug-likeness (QED) is 0.751. The van der Waals surface area contributed by atoms with E-state index in [2.05, 4.69) is 5.32 Å². The van der Waals surface area contributed by atoms with E-state index in [0.29, 0.717) is 17.1 Å². The van der Waals surface area contributed by atoms with Gasteiger partial charge in [-0.2, -0.15) is 0 Å². The minimum atomic E-state index is -3.69. The second kappa shape index (κ2) is 8.46. The van der Waals surface area contributed by atoms with Crippen molar-refractivity contribution in [3.05, 3.63) is 42.5 Å². The van der Waals surface area contributed by atoms with Gasteiger partial charge in [0.25, 0.3) is 0 Å². The number of sulfone groups is 1. The molecule has 0 saturated heterocycles. The van der Waals surface area contributed by atoms with Gasteiger partial charge in [-0.15, -0.1) is 11.8 Å². The molecule has 9 heteroatoms. The van der Waals surface area contributed by atoms with Crippen molar-refractivity contribution >= 4 is 44.8 Å². The molecule has 2 aromatic carbocycles. The maximum absolute atomic E-state index is 12.7. The van der Waals surface area contributed by atoms with Crippen LogP contribution in [0.3, 0.4) is 0 Å². The Morgan fingerprint density at radius 1 is 1.24 bits per heavy atom. The number of fused-ring (bicyclic) bond motifs is 1. The lowest BCUT2D eigenvalue weighted by Crippen LogP contribution is -2.28. The third-order valence-corrected chi connectivity index (χ3v) is 7.54. The summed E-state index contributed by atoms with van der Waals surface area (Å²) in [6.45, 7) is 1.79. The maximum Gasteiger partial charge on any atom is 0.237 e. The van der Waals surface area contributed by atoms with Crippen molar-refractivity contribution in [1.82, 2.24) is 0 Å². The molecule has 1 heterocycles. The Morgan fingerprint density at radius 2 is 1.97 bits per heavy atom. The topological polar surface area (TPSA) is 92.8 Å². The first-order valence-corrected chi connectivity index (χ1v) is 11.5. The van der Waals surface area contributed by atoms with Crippen LogP contribution in [-0.4, -0.2) is 45.4 Å². The number of hydrogen-bond acceptors (Lipinski definition) is 6. The summed E-state index contributed by atoms with van der Waals surface area (Å²) in [4.78, 5) is 26.7. The average molecular weight is 435 g/mol. The van der Waals surface area contributed by atoms with Gasteiger partial charge >= 0.3 is 0 Å². The molecule has 0 bridgehead atoms. The molecule has 3 rings (SSSR count). The van der Waals surface area contributed by atoms with Crippen molar-refractivity contribution in [2.24, 2.45) is 0 Å². The zero-order valence-corrected chi connectivity index (χ0v) is 18.0. The van der Waals surface area contributed by atoms with E-state index >= 15 is 0 Å². The molecule has 0 aliphatic carbocycles. The number of carbonyl (C=O) groups is 2. The minimum Gasteiger partial charge on any atom is -0.495 e. The van der Waals surface area contributed by atoms with Gasteiger partial charge in [0.1, 0.15) is 5.75 Å². The first-order valence-electron chi connectivity index (χ1n) is 8.97. The predicted molar refractivity (Wildman–Crippen MR) is 113 cm³/mol. The number of ether oxygens (including phenoxy) is 1. The van der Waals surface area contributed by atoms with Crippen LogP contribution >= 0.6 is 11.8 Å². The van der Waals surface area contributed by atoms with Gasteiger partial charge in [-0.1, -0.05) is 12.1 Å². The van der Waals surface area contributed by atoms with Gasteiger partial charge < -0.3 is 15.0 Å². The van der Waals surface area contributed by atoms with Gasteiger partial charge in [0.05, 0.1) is 34.4 Å². The fourth-order valence-electron chi connectivity index (χ4n) is 2.93. The average Bonchev–Trinajstić information content (AvgIpc) is 2.72. The van der Waals surface area contributed by atoms with Gasteiger partial charge in [0, 0.05) is 18.4 Å². The molecule has 2 amide bonds. The zero-order chi connectivity index (χ0) is 21.2. The summed E-state index contributed by atoms with van der Waals surface area (Å²) in [6, 6.07) is 11.7. The SMILES string of the molecule is COc1ccccc1N(C)C(=O)CCS(=O)(=O)c1ccc2c(c1)NC(=O)C(C)S2. The van der Waals surface area contributed by atoms with Gasteiger partial charge in [0.2, 0.25) is 11.8 Å². The van der Waals surface area contributed by atoms with Crippen LogP contribution in [0, 0.1) is 0 Å². The first kappa shape index (κ1) is 21.2. The second-order valence-electron chi connectivity index (χ2n) is 6.60. The van der Waals surface area contributed by atoms with Crippen molar-refractivity contribution < 1.29 is 22.7 Å². The van der Waals surface area contributed by atoms with Gasteiger partial charge in [-0.3, -0.25) is 9.59 Å². The van der Waals surface area contributed by atoms with E-state index < -0.39 is 9.84 Å². The number of para-hydroxylation sites is 2. The lowest BCUT2D eigenvalue weighted by atomic mass is 10.2. The lowest BCUT2D eigenvalue weighted by Gasteiger charge is -2.22. The number of carbonyl (C=O) groups excluding carboxylic acids is 2. The molecule has 0 fully saturated rings. The number of amides is 2. The molecular formula is C20H22N2O5S2. The summed E-state index contributed by atoms with van der Waals surface area (Å²) in [5.41, 5.74) is 1.05. The maximum atomic E-state index is 12.7. The molecule has 1 unspecified atom stereocenters. The monoisotopic (exact) mass is 434 g/mol. The summed E-state index contributed by atoms with van der Waals surface area (Å²) in [6.07, 6.45) is -0.174. The summed E-state index contributed by atoms with van der Waals surface area (Å²) in [5.74, 6) is -0.301. The van der Waals surface area contributed by atoms with Crippen LogP contribution in [0.15, 0.2) is 52.3 Å². The summed E-state index contributed by atoms with van der Waals surface area (Å²) >= 11 is 1.38. The van der Waals surface area contributed by atoms with Crippen molar-refractivity contribution in [3.8, 4) is 5.75 Å². The van der Waals surface area contributed by atoms with Crippen molar-refractivity contribution in [3.63, 3.8) is 0 Å². The number of nitrogens with one attached hydrogen (secondary N) is 1. The molecule has 1 aliphatic rings. The van der Waals surface area contributed by atoms with E-state index in [1.54, 1.807) is 44.3 Å². The molecule has 7 nitrogen and oxygen atoms in total. The van der Waals surface area contributed by atoms with Gasteiger partial charge in [0.15, 0.2) is 9.84 Å². The Kier molecular flexibility index (Phi) is 6.18. The number of anilines is 2. The van der Waals surface area contributed by atoms with E-state index in [-0.39, 0.29) is 34.1 Å². The van der Waals surface area contributed by atoms with Crippen LogP contribution in [0.2, 0.25) is 0 Å².